The van der Waals surface area contributed by atoms with Crippen LogP contribution in [0, 0.1) is 0 Å². The first-order valence-electron chi connectivity index (χ1n) is 4.29. The molecule has 1 aromatic heterocycles. The molecule has 0 aliphatic rings. The molecular formula is C11H8O4. The molecule has 2 N–H and O–H groups in total. The number of fused-ring (bicyclic) bond motifs is 1. The molecule has 0 saturated carbocycles. The third kappa shape index (κ3) is 1.83. The topological polar surface area (TPSA) is 70.7 Å². The zero-order valence-electron chi connectivity index (χ0n) is 7.68. The van der Waals surface area contributed by atoms with Gasteiger partial charge in [0.25, 0.3) is 0 Å². The summed E-state index contributed by atoms with van der Waals surface area (Å²) in [5.41, 5.74) is 0.655. The SMILES string of the molecule is O=C(O)C(O)=Cc1cc2ccccc2o1. The van der Waals surface area contributed by atoms with E-state index in [-0.39, 0.29) is 0 Å². The standard InChI is InChI=1S/C11H8O4/c12-9(11(13)14)6-8-5-7-3-1-2-4-10(7)15-8/h1-6,12H,(H,13,14). The Labute approximate surface area is 85.1 Å². The first-order valence-corrected chi connectivity index (χ1v) is 4.29. The van der Waals surface area contributed by atoms with Crippen molar-refractivity contribution < 1.29 is 19.4 Å². The number of aliphatic hydroxyl groups is 1. The summed E-state index contributed by atoms with van der Waals surface area (Å²) in [4.78, 5) is 10.4. The lowest BCUT2D eigenvalue weighted by molar-refractivity contribution is -0.135. The molecule has 1 heterocycles. The molecule has 4 heteroatoms. The van der Waals surface area contributed by atoms with Gasteiger partial charge in [-0.3, -0.25) is 0 Å². The van der Waals surface area contributed by atoms with Crippen LogP contribution in [0.5, 0.6) is 0 Å². The minimum atomic E-state index is -1.38. The number of carboxylic acid groups (broad SMARTS) is 1. The predicted octanol–water partition coefficient (Wildman–Crippen LogP) is 2.42. The zero-order chi connectivity index (χ0) is 10.8. The summed E-state index contributed by atoms with van der Waals surface area (Å²) in [6.45, 7) is 0. The summed E-state index contributed by atoms with van der Waals surface area (Å²) in [6.07, 6.45) is 1.07. The number of para-hydroxylation sites is 1. The second kappa shape index (κ2) is 3.49. The van der Waals surface area contributed by atoms with E-state index in [1.54, 1.807) is 12.1 Å². The van der Waals surface area contributed by atoms with E-state index in [2.05, 4.69) is 0 Å². The first kappa shape index (κ1) is 9.33. The van der Waals surface area contributed by atoms with Gasteiger partial charge in [0.1, 0.15) is 11.3 Å². The Hall–Kier alpha value is -2.23. The van der Waals surface area contributed by atoms with Crippen LogP contribution >= 0.6 is 0 Å². The van der Waals surface area contributed by atoms with E-state index in [4.69, 9.17) is 14.6 Å². The van der Waals surface area contributed by atoms with Gasteiger partial charge in [-0.2, -0.15) is 0 Å². The van der Waals surface area contributed by atoms with Crippen LogP contribution in [0.2, 0.25) is 0 Å². The smallest absolute Gasteiger partial charge is 0.371 e. The van der Waals surface area contributed by atoms with E-state index < -0.39 is 11.7 Å². The number of hydrogen-bond donors (Lipinski definition) is 2. The number of carbonyl (C=O) groups is 1. The Kier molecular flexibility index (Phi) is 2.17. The molecule has 76 valence electrons. The van der Waals surface area contributed by atoms with Crippen LogP contribution < -0.4 is 0 Å². The van der Waals surface area contributed by atoms with Gasteiger partial charge in [0, 0.05) is 11.5 Å². The molecule has 4 nitrogen and oxygen atoms in total. The molecule has 1 aromatic carbocycles. The predicted molar refractivity (Wildman–Crippen MR) is 54.5 cm³/mol. The Morgan fingerprint density at radius 1 is 1.27 bits per heavy atom. The van der Waals surface area contributed by atoms with Crippen molar-refractivity contribution in [2.45, 2.75) is 0 Å². The van der Waals surface area contributed by atoms with Gasteiger partial charge in [-0.05, 0) is 12.1 Å². The molecule has 2 rings (SSSR count). The molecule has 0 saturated heterocycles. The van der Waals surface area contributed by atoms with Crippen LogP contribution in [0.15, 0.2) is 40.5 Å². The number of carboxylic acids is 1. The second-order valence-electron chi connectivity index (χ2n) is 3.02. The largest absolute Gasteiger partial charge is 0.502 e. The van der Waals surface area contributed by atoms with E-state index >= 15 is 0 Å². The van der Waals surface area contributed by atoms with Crippen LogP contribution in [0.4, 0.5) is 0 Å². The summed E-state index contributed by atoms with van der Waals surface area (Å²) in [6, 6.07) is 8.94. The fourth-order valence-electron chi connectivity index (χ4n) is 1.27. The highest BCUT2D eigenvalue weighted by Gasteiger charge is 2.06. The maximum absolute atomic E-state index is 10.4. The Balaban J connectivity index is 2.46. The molecule has 0 aliphatic carbocycles. The van der Waals surface area contributed by atoms with Crippen molar-refractivity contribution in [1.82, 2.24) is 0 Å². The van der Waals surface area contributed by atoms with Gasteiger partial charge in [-0.25, -0.2) is 4.79 Å². The lowest BCUT2D eigenvalue weighted by Crippen LogP contribution is -1.97. The van der Waals surface area contributed by atoms with Crippen LogP contribution in [0.1, 0.15) is 5.76 Å². The van der Waals surface area contributed by atoms with Crippen molar-refractivity contribution >= 4 is 23.0 Å². The molecule has 2 aromatic rings. The van der Waals surface area contributed by atoms with Gasteiger partial charge >= 0.3 is 5.97 Å². The molecule has 0 bridgehead atoms. The van der Waals surface area contributed by atoms with Crippen molar-refractivity contribution in [2.24, 2.45) is 0 Å². The van der Waals surface area contributed by atoms with Crippen molar-refractivity contribution in [2.75, 3.05) is 0 Å². The van der Waals surface area contributed by atoms with Crippen LogP contribution in [0.25, 0.3) is 17.0 Å². The average Bonchev–Trinajstić information content (AvgIpc) is 2.59. The molecule has 0 spiro atoms. The fraction of sp³-hybridized carbons (Fsp3) is 0. The van der Waals surface area contributed by atoms with Gasteiger partial charge < -0.3 is 14.6 Å². The van der Waals surface area contributed by atoms with E-state index in [9.17, 15) is 4.79 Å². The quantitative estimate of drug-likeness (QED) is 0.582. The number of aliphatic carboxylic acids is 1. The summed E-state index contributed by atoms with van der Waals surface area (Å²) in [5, 5.41) is 18.3. The van der Waals surface area contributed by atoms with E-state index in [1.165, 1.54) is 0 Å². The molecular weight excluding hydrogens is 196 g/mol. The highest BCUT2D eigenvalue weighted by Crippen LogP contribution is 2.20. The van der Waals surface area contributed by atoms with E-state index in [0.29, 0.717) is 11.3 Å². The molecule has 0 unspecified atom stereocenters. The number of rotatable bonds is 2. The Morgan fingerprint density at radius 2 is 2.00 bits per heavy atom. The second-order valence-corrected chi connectivity index (χ2v) is 3.02. The van der Waals surface area contributed by atoms with E-state index in [0.717, 1.165) is 11.5 Å². The summed E-state index contributed by atoms with van der Waals surface area (Å²) in [5.74, 6) is -1.80. The molecule has 0 amide bonds. The first-order chi connectivity index (χ1) is 7.16. The number of hydrogen-bond acceptors (Lipinski definition) is 3. The molecule has 0 radical (unpaired) electrons. The highest BCUT2D eigenvalue weighted by molar-refractivity contribution is 5.90. The minimum absolute atomic E-state index is 0.316. The Morgan fingerprint density at radius 3 is 2.67 bits per heavy atom. The third-order valence-corrected chi connectivity index (χ3v) is 1.94. The summed E-state index contributed by atoms with van der Waals surface area (Å²) in [7, 11) is 0. The molecule has 15 heavy (non-hydrogen) atoms. The van der Waals surface area contributed by atoms with Gasteiger partial charge in [-0.1, -0.05) is 18.2 Å². The lowest BCUT2D eigenvalue weighted by Gasteiger charge is -1.88. The minimum Gasteiger partial charge on any atom is -0.502 e. The van der Waals surface area contributed by atoms with Gasteiger partial charge in [-0.15, -0.1) is 0 Å². The lowest BCUT2D eigenvalue weighted by atomic mass is 10.2. The van der Waals surface area contributed by atoms with Crippen LogP contribution in [-0.4, -0.2) is 16.2 Å². The zero-order valence-corrected chi connectivity index (χ0v) is 7.68. The van der Waals surface area contributed by atoms with Gasteiger partial charge in [0.05, 0.1) is 0 Å². The number of benzene rings is 1. The Bertz CT molecular complexity index is 503. The molecule has 0 aliphatic heterocycles. The number of aliphatic hydroxyl groups excluding tert-OH is 1. The van der Waals surface area contributed by atoms with Crippen molar-refractivity contribution in [1.29, 1.82) is 0 Å². The maximum Gasteiger partial charge on any atom is 0.371 e. The fourth-order valence-corrected chi connectivity index (χ4v) is 1.27. The average molecular weight is 204 g/mol. The third-order valence-electron chi connectivity index (χ3n) is 1.94. The van der Waals surface area contributed by atoms with Gasteiger partial charge in [0.15, 0.2) is 0 Å². The summed E-state index contributed by atoms with van der Waals surface area (Å²) < 4.78 is 5.29. The number of furan rings is 1. The van der Waals surface area contributed by atoms with E-state index in [1.807, 2.05) is 18.2 Å². The monoisotopic (exact) mass is 204 g/mol. The normalized spacial score (nSPS) is 11.9. The molecule has 0 atom stereocenters. The molecule has 0 fully saturated rings. The van der Waals surface area contributed by atoms with Crippen LogP contribution in [-0.2, 0) is 4.79 Å². The maximum atomic E-state index is 10.4. The summed E-state index contributed by atoms with van der Waals surface area (Å²) >= 11 is 0. The van der Waals surface area contributed by atoms with Crippen molar-refractivity contribution in [3.8, 4) is 0 Å². The van der Waals surface area contributed by atoms with Crippen molar-refractivity contribution in [3.63, 3.8) is 0 Å². The van der Waals surface area contributed by atoms with Gasteiger partial charge in [0.2, 0.25) is 5.76 Å². The van der Waals surface area contributed by atoms with Crippen molar-refractivity contribution in [3.05, 3.63) is 41.9 Å². The highest BCUT2D eigenvalue weighted by atomic mass is 16.4. The van der Waals surface area contributed by atoms with Crippen LogP contribution in [0.3, 0.4) is 0 Å².